The van der Waals surface area contributed by atoms with Gasteiger partial charge in [0.2, 0.25) is 18.5 Å². The maximum Gasteiger partial charge on any atom is 0.246 e. The van der Waals surface area contributed by atoms with E-state index < -0.39 is 17.8 Å². The maximum absolute atomic E-state index is 13.3. The number of hydrogen-bond donors (Lipinski definition) is 2. The minimum Gasteiger partial charge on any atom is -0.466 e. The van der Waals surface area contributed by atoms with Crippen molar-refractivity contribution in [1.82, 2.24) is 25.4 Å². The Labute approximate surface area is 181 Å². The Kier molecular flexibility index (Phi) is 6.65. The van der Waals surface area contributed by atoms with Crippen LogP contribution in [-0.2, 0) is 9.59 Å². The third kappa shape index (κ3) is 4.92. The molecule has 0 radical (unpaired) electrons. The fourth-order valence-corrected chi connectivity index (χ4v) is 3.93. The summed E-state index contributed by atoms with van der Waals surface area (Å²) in [6, 6.07) is 6.54. The molecule has 9 heteroatoms. The highest BCUT2D eigenvalue weighted by Gasteiger charge is 2.45. The lowest BCUT2D eigenvalue weighted by Gasteiger charge is -2.39. The SMILES string of the molecule is CC(C)(C)[C@H](NC(=O)C1(NC=O)CCCC1)[C@H](Oc1ccc(Cl)cc1)n1cncn1. The van der Waals surface area contributed by atoms with E-state index in [-0.39, 0.29) is 11.3 Å². The lowest BCUT2D eigenvalue weighted by molar-refractivity contribution is -0.133. The topological polar surface area (TPSA) is 98.1 Å². The molecule has 1 aliphatic rings. The van der Waals surface area contributed by atoms with Crippen LogP contribution >= 0.6 is 11.6 Å². The first-order valence-corrected chi connectivity index (χ1v) is 10.4. The minimum absolute atomic E-state index is 0.211. The van der Waals surface area contributed by atoms with Crippen LogP contribution in [0.25, 0.3) is 0 Å². The van der Waals surface area contributed by atoms with E-state index in [1.807, 2.05) is 20.8 Å². The summed E-state index contributed by atoms with van der Waals surface area (Å²) in [5.41, 5.74) is -1.28. The van der Waals surface area contributed by atoms with Gasteiger partial charge in [0, 0.05) is 5.02 Å². The van der Waals surface area contributed by atoms with Crippen molar-refractivity contribution < 1.29 is 14.3 Å². The van der Waals surface area contributed by atoms with Crippen LogP contribution in [-0.4, -0.2) is 38.7 Å². The Morgan fingerprint density at radius 1 is 1.27 bits per heavy atom. The highest BCUT2D eigenvalue weighted by atomic mass is 35.5. The van der Waals surface area contributed by atoms with E-state index in [4.69, 9.17) is 16.3 Å². The molecule has 1 aromatic heterocycles. The molecule has 0 saturated heterocycles. The molecule has 2 aromatic rings. The van der Waals surface area contributed by atoms with Crippen LogP contribution in [0.3, 0.4) is 0 Å². The number of hydrogen-bond acceptors (Lipinski definition) is 5. The zero-order valence-corrected chi connectivity index (χ0v) is 18.2. The fraction of sp³-hybridized carbons (Fsp3) is 0.524. The number of rotatable bonds is 8. The van der Waals surface area contributed by atoms with Crippen LogP contribution in [0.4, 0.5) is 0 Å². The van der Waals surface area contributed by atoms with E-state index in [1.54, 1.807) is 35.3 Å². The van der Waals surface area contributed by atoms with Gasteiger partial charge in [0.05, 0.1) is 6.04 Å². The highest BCUT2D eigenvalue weighted by molar-refractivity contribution is 6.30. The number of halogens is 1. The zero-order valence-electron chi connectivity index (χ0n) is 17.5. The van der Waals surface area contributed by atoms with E-state index in [0.29, 0.717) is 30.0 Å². The summed E-state index contributed by atoms with van der Waals surface area (Å²) in [6.07, 6.45) is 5.93. The molecule has 1 aliphatic carbocycles. The summed E-state index contributed by atoms with van der Waals surface area (Å²) >= 11 is 5.99. The van der Waals surface area contributed by atoms with Crippen LogP contribution in [0, 0.1) is 5.41 Å². The monoisotopic (exact) mass is 433 g/mol. The smallest absolute Gasteiger partial charge is 0.246 e. The number of nitrogens with zero attached hydrogens (tertiary/aromatic N) is 3. The van der Waals surface area contributed by atoms with Gasteiger partial charge in [-0.05, 0) is 42.5 Å². The van der Waals surface area contributed by atoms with Crippen molar-refractivity contribution in [3.05, 3.63) is 41.9 Å². The molecular weight excluding hydrogens is 406 g/mol. The van der Waals surface area contributed by atoms with Gasteiger partial charge in [-0.3, -0.25) is 9.59 Å². The number of amides is 2. The molecule has 0 spiro atoms. The average Bonchev–Trinajstić information content (AvgIpc) is 3.38. The van der Waals surface area contributed by atoms with Crippen molar-refractivity contribution in [2.24, 2.45) is 5.41 Å². The predicted octanol–water partition coefficient (Wildman–Crippen LogP) is 3.10. The molecule has 1 fully saturated rings. The van der Waals surface area contributed by atoms with Gasteiger partial charge in [0.25, 0.3) is 0 Å². The standard InChI is InChI=1S/C21H28ClN5O3/c1-20(2,3)17(26-19(29)21(24-14-28)10-4-5-11-21)18(27-13-23-12-25-27)30-16-8-6-15(22)7-9-16/h6-9,12-14,17-18H,4-5,10-11H2,1-3H3,(H,24,28)(H,26,29)/t17-,18+/m1/s1. The largest absolute Gasteiger partial charge is 0.466 e. The summed E-state index contributed by atoms with van der Waals surface area (Å²) in [6.45, 7) is 6.05. The van der Waals surface area contributed by atoms with E-state index in [2.05, 4.69) is 20.7 Å². The van der Waals surface area contributed by atoms with Crippen molar-refractivity contribution in [3.8, 4) is 5.75 Å². The molecule has 0 bridgehead atoms. The first-order chi connectivity index (χ1) is 14.2. The van der Waals surface area contributed by atoms with Crippen LogP contribution in [0.5, 0.6) is 5.75 Å². The molecule has 8 nitrogen and oxygen atoms in total. The van der Waals surface area contributed by atoms with E-state index in [0.717, 1.165) is 12.8 Å². The van der Waals surface area contributed by atoms with E-state index in [1.165, 1.54) is 6.33 Å². The molecule has 162 valence electrons. The Balaban J connectivity index is 1.92. The van der Waals surface area contributed by atoms with Crippen molar-refractivity contribution in [2.75, 3.05) is 0 Å². The van der Waals surface area contributed by atoms with Gasteiger partial charge in [0.1, 0.15) is 23.9 Å². The number of carbonyl (C=O) groups excluding carboxylic acids is 2. The van der Waals surface area contributed by atoms with Crippen molar-refractivity contribution in [3.63, 3.8) is 0 Å². The van der Waals surface area contributed by atoms with Crippen LogP contribution in [0.15, 0.2) is 36.9 Å². The Morgan fingerprint density at radius 3 is 2.47 bits per heavy atom. The van der Waals surface area contributed by atoms with Crippen molar-refractivity contribution in [1.29, 1.82) is 0 Å². The summed E-state index contributed by atoms with van der Waals surface area (Å²) in [7, 11) is 0. The van der Waals surface area contributed by atoms with Crippen LogP contribution in [0.2, 0.25) is 5.02 Å². The molecule has 3 rings (SSSR count). The van der Waals surface area contributed by atoms with Gasteiger partial charge < -0.3 is 15.4 Å². The molecule has 0 aliphatic heterocycles. The average molecular weight is 434 g/mol. The molecule has 2 amide bonds. The number of ether oxygens (including phenoxy) is 1. The molecular formula is C21H28ClN5O3. The number of carbonyl (C=O) groups is 2. The molecule has 1 aromatic carbocycles. The first-order valence-electron chi connectivity index (χ1n) is 10.0. The Bertz CT molecular complexity index is 843. The molecule has 0 unspecified atom stereocenters. The summed E-state index contributed by atoms with van der Waals surface area (Å²) in [5, 5.41) is 10.8. The third-order valence-electron chi connectivity index (χ3n) is 5.50. The third-order valence-corrected chi connectivity index (χ3v) is 5.75. The minimum atomic E-state index is -0.890. The van der Waals surface area contributed by atoms with Gasteiger partial charge in [-0.1, -0.05) is 45.2 Å². The molecule has 2 N–H and O–H groups in total. The number of benzene rings is 1. The molecule has 30 heavy (non-hydrogen) atoms. The first kappa shape index (κ1) is 22.1. The van der Waals surface area contributed by atoms with Gasteiger partial charge in [-0.2, -0.15) is 5.10 Å². The van der Waals surface area contributed by atoms with Gasteiger partial charge in [-0.15, -0.1) is 0 Å². The van der Waals surface area contributed by atoms with E-state index in [9.17, 15) is 9.59 Å². The Morgan fingerprint density at radius 2 is 1.93 bits per heavy atom. The molecule has 1 saturated carbocycles. The second kappa shape index (κ2) is 9.04. The van der Waals surface area contributed by atoms with Crippen molar-refractivity contribution in [2.45, 2.75) is 64.3 Å². The van der Waals surface area contributed by atoms with Crippen molar-refractivity contribution >= 4 is 23.9 Å². The zero-order chi connectivity index (χ0) is 21.8. The van der Waals surface area contributed by atoms with Gasteiger partial charge in [0.15, 0.2) is 0 Å². The number of nitrogens with one attached hydrogen (secondary N) is 2. The van der Waals surface area contributed by atoms with Gasteiger partial charge >= 0.3 is 0 Å². The molecule has 1 heterocycles. The summed E-state index contributed by atoms with van der Waals surface area (Å²) in [5.74, 6) is 0.377. The van der Waals surface area contributed by atoms with Crippen LogP contribution in [0.1, 0.15) is 52.7 Å². The predicted molar refractivity (Wildman–Crippen MR) is 113 cm³/mol. The van der Waals surface area contributed by atoms with Crippen LogP contribution < -0.4 is 15.4 Å². The normalized spacial score (nSPS) is 17.7. The second-order valence-corrected chi connectivity index (χ2v) is 9.14. The lowest BCUT2D eigenvalue weighted by Crippen LogP contribution is -2.60. The lowest BCUT2D eigenvalue weighted by atomic mass is 9.84. The number of aromatic nitrogens is 3. The quantitative estimate of drug-likeness (QED) is 0.623. The summed E-state index contributed by atoms with van der Waals surface area (Å²) < 4.78 is 7.84. The Hall–Kier alpha value is -2.61. The van der Waals surface area contributed by atoms with E-state index >= 15 is 0 Å². The fourth-order valence-electron chi connectivity index (χ4n) is 3.80. The summed E-state index contributed by atoms with van der Waals surface area (Å²) in [4.78, 5) is 28.6. The second-order valence-electron chi connectivity index (χ2n) is 8.71. The highest BCUT2D eigenvalue weighted by Crippen LogP contribution is 2.34. The maximum atomic E-state index is 13.3. The molecule has 2 atom stereocenters. The van der Waals surface area contributed by atoms with Gasteiger partial charge in [-0.25, -0.2) is 9.67 Å².